The molecule has 0 aliphatic rings. The number of oxazole rings is 1. The Balaban J connectivity index is 1.69. The van der Waals surface area contributed by atoms with E-state index in [0.717, 1.165) is 22.4 Å². The number of rotatable bonds is 6. The molecule has 0 fully saturated rings. The van der Waals surface area contributed by atoms with E-state index in [1.54, 1.807) is 12.4 Å². The second-order valence-corrected chi connectivity index (χ2v) is 9.50. The van der Waals surface area contributed by atoms with Crippen LogP contribution >= 0.6 is 0 Å². The second kappa shape index (κ2) is 9.51. The fraction of sp³-hybridized carbons (Fsp3) is 0.250. The average molecular weight is 455 g/mol. The first-order valence-corrected chi connectivity index (χ1v) is 11.3. The van der Waals surface area contributed by atoms with Crippen LogP contribution in [-0.4, -0.2) is 30.0 Å². The maximum absolute atomic E-state index is 13.2. The highest BCUT2D eigenvalue weighted by atomic mass is 16.4. The van der Waals surface area contributed by atoms with E-state index in [9.17, 15) is 4.79 Å². The van der Waals surface area contributed by atoms with Crippen molar-refractivity contribution in [3.8, 4) is 22.8 Å². The third-order valence-electron chi connectivity index (χ3n) is 5.69. The molecule has 0 bridgehead atoms. The number of carbonyl (C=O) groups excluding carboxylic acids is 1. The first-order chi connectivity index (χ1) is 16.2. The van der Waals surface area contributed by atoms with Crippen molar-refractivity contribution in [3.05, 3.63) is 89.9 Å². The number of hydrogen-bond donors (Lipinski definition) is 1. The quantitative estimate of drug-likeness (QED) is 0.405. The van der Waals surface area contributed by atoms with Crippen molar-refractivity contribution >= 4 is 11.6 Å². The normalized spacial score (nSPS) is 11.3. The number of hydrogen-bond acceptors (Lipinski definition) is 5. The summed E-state index contributed by atoms with van der Waals surface area (Å²) in [5.74, 6) is 0.582. The van der Waals surface area contributed by atoms with Crippen LogP contribution in [0.1, 0.15) is 42.4 Å². The predicted octanol–water partition coefficient (Wildman–Crippen LogP) is 5.70. The van der Waals surface area contributed by atoms with Gasteiger partial charge in [0.25, 0.3) is 5.91 Å². The molecular formula is C28H30N4O2. The van der Waals surface area contributed by atoms with Crippen LogP contribution in [0.4, 0.5) is 5.69 Å². The van der Waals surface area contributed by atoms with E-state index in [1.807, 2.05) is 67.5 Å². The number of amides is 1. The zero-order valence-corrected chi connectivity index (χ0v) is 20.3. The maximum atomic E-state index is 13.2. The Labute approximate surface area is 200 Å². The summed E-state index contributed by atoms with van der Waals surface area (Å²) < 4.78 is 6.19. The fourth-order valence-electron chi connectivity index (χ4n) is 3.58. The van der Waals surface area contributed by atoms with Gasteiger partial charge in [-0.25, -0.2) is 4.98 Å². The summed E-state index contributed by atoms with van der Waals surface area (Å²) in [7, 11) is 3.97. The Kier molecular flexibility index (Phi) is 6.50. The third-order valence-corrected chi connectivity index (χ3v) is 5.69. The molecule has 4 aromatic rings. The zero-order chi connectivity index (χ0) is 24.3. The number of carbonyl (C=O) groups is 1. The van der Waals surface area contributed by atoms with Gasteiger partial charge in [0.2, 0.25) is 5.89 Å². The number of nitrogens with one attached hydrogen (secondary N) is 1. The Bertz CT molecular complexity index is 1250. The molecule has 34 heavy (non-hydrogen) atoms. The number of benzene rings is 2. The summed E-state index contributed by atoms with van der Waals surface area (Å²) in [6.45, 7) is 6.90. The molecule has 174 valence electrons. The van der Waals surface area contributed by atoms with Crippen molar-refractivity contribution in [2.24, 2.45) is 0 Å². The topological polar surface area (TPSA) is 71.3 Å². The van der Waals surface area contributed by atoms with E-state index < -0.39 is 0 Å². The van der Waals surface area contributed by atoms with Crippen LogP contribution in [0.25, 0.3) is 22.8 Å². The third kappa shape index (κ3) is 5.17. The van der Waals surface area contributed by atoms with Crippen molar-refractivity contribution in [1.29, 1.82) is 0 Å². The minimum absolute atomic E-state index is 0.0481. The Morgan fingerprint density at radius 2 is 1.53 bits per heavy atom. The van der Waals surface area contributed by atoms with Crippen LogP contribution in [0, 0.1) is 0 Å². The Morgan fingerprint density at radius 3 is 2.12 bits per heavy atom. The lowest BCUT2D eigenvalue weighted by Gasteiger charge is -2.18. The standard InChI is InChI=1S/C28H30N4O2/c1-28(2,3)22-10-6-21(7-11-22)27-31-24(26(33)30-18-19-14-16-29-17-15-19)25(34-27)20-8-12-23(13-9-20)32(4)5/h6-17H,18H2,1-5H3,(H,30,33). The second-order valence-electron chi connectivity index (χ2n) is 9.50. The molecule has 0 spiro atoms. The summed E-state index contributed by atoms with van der Waals surface area (Å²) in [6, 6.07) is 19.8. The number of pyridine rings is 1. The van der Waals surface area contributed by atoms with Gasteiger partial charge in [-0.05, 0) is 65.1 Å². The first kappa shape index (κ1) is 23.2. The van der Waals surface area contributed by atoms with Gasteiger partial charge in [0.05, 0.1) is 0 Å². The number of aromatic nitrogens is 2. The van der Waals surface area contributed by atoms with E-state index in [4.69, 9.17) is 4.42 Å². The summed E-state index contributed by atoms with van der Waals surface area (Å²) in [5, 5.41) is 2.95. The molecule has 0 radical (unpaired) electrons. The van der Waals surface area contributed by atoms with Crippen LogP contribution < -0.4 is 10.2 Å². The molecule has 0 atom stereocenters. The van der Waals surface area contributed by atoms with Gasteiger partial charge in [0.15, 0.2) is 11.5 Å². The molecule has 1 N–H and O–H groups in total. The fourth-order valence-corrected chi connectivity index (χ4v) is 3.58. The van der Waals surface area contributed by atoms with Gasteiger partial charge in [0.1, 0.15) is 0 Å². The lowest BCUT2D eigenvalue weighted by atomic mass is 9.87. The van der Waals surface area contributed by atoms with E-state index in [1.165, 1.54) is 5.56 Å². The molecule has 0 aliphatic heterocycles. The SMILES string of the molecule is CN(C)c1ccc(-c2oc(-c3ccc(C(C)(C)C)cc3)nc2C(=O)NCc2ccncc2)cc1. The van der Waals surface area contributed by atoms with E-state index in [-0.39, 0.29) is 17.0 Å². The maximum Gasteiger partial charge on any atom is 0.274 e. The summed E-state index contributed by atoms with van der Waals surface area (Å²) >= 11 is 0. The van der Waals surface area contributed by atoms with Gasteiger partial charge in [-0.1, -0.05) is 32.9 Å². The van der Waals surface area contributed by atoms with Gasteiger partial charge in [0, 0.05) is 49.8 Å². The van der Waals surface area contributed by atoms with Gasteiger partial charge in [-0.2, -0.15) is 0 Å². The monoisotopic (exact) mass is 454 g/mol. The van der Waals surface area contributed by atoms with Crippen molar-refractivity contribution < 1.29 is 9.21 Å². The minimum atomic E-state index is -0.287. The van der Waals surface area contributed by atoms with Crippen molar-refractivity contribution in [3.63, 3.8) is 0 Å². The van der Waals surface area contributed by atoms with Crippen LogP contribution in [0.15, 0.2) is 77.5 Å². The summed E-state index contributed by atoms with van der Waals surface area (Å²) in [6.07, 6.45) is 3.41. The van der Waals surface area contributed by atoms with Crippen LogP contribution in [-0.2, 0) is 12.0 Å². The zero-order valence-electron chi connectivity index (χ0n) is 20.3. The van der Waals surface area contributed by atoms with Crippen molar-refractivity contribution in [2.75, 3.05) is 19.0 Å². The molecule has 0 unspecified atom stereocenters. The van der Waals surface area contributed by atoms with Gasteiger partial charge >= 0.3 is 0 Å². The molecule has 4 rings (SSSR count). The van der Waals surface area contributed by atoms with Crippen molar-refractivity contribution in [2.45, 2.75) is 32.7 Å². The smallest absolute Gasteiger partial charge is 0.274 e. The highest BCUT2D eigenvalue weighted by Crippen LogP contribution is 2.32. The highest BCUT2D eigenvalue weighted by molar-refractivity contribution is 5.98. The van der Waals surface area contributed by atoms with E-state index in [0.29, 0.717) is 18.2 Å². The van der Waals surface area contributed by atoms with Crippen LogP contribution in [0.3, 0.4) is 0 Å². The molecular weight excluding hydrogens is 424 g/mol. The molecule has 2 aromatic heterocycles. The molecule has 6 heteroatoms. The lowest BCUT2D eigenvalue weighted by molar-refractivity contribution is 0.0946. The number of anilines is 1. The highest BCUT2D eigenvalue weighted by Gasteiger charge is 2.23. The number of nitrogens with zero attached hydrogens (tertiary/aromatic N) is 3. The van der Waals surface area contributed by atoms with E-state index >= 15 is 0 Å². The molecule has 0 aliphatic carbocycles. The van der Waals surface area contributed by atoms with E-state index in [2.05, 4.69) is 48.2 Å². The summed E-state index contributed by atoms with van der Waals surface area (Å²) in [5.41, 5.74) is 5.18. The molecule has 2 heterocycles. The average Bonchev–Trinajstić information content (AvgIpc) is 3.28. The van der Waals surface area contributed by atoms with Crippen molar-refractivity contribution in [1.82, 2.24) is 15.3 Å². The predicted molar refractivity (Wildman–Crippen MR) is 136 cm³/mol. The van der Waals surface area contributed by atoms with Crippen LogP contribution in [0.2, 0.25) is 0 Å². The molecule has 6 nitrogen and oxygen atoms in total. The Hall–Kier alpha value is -3.93. The summed E-state index contributed by atoms with van der Waals surface area (Å²) in [4.78, 5) is 23.8. The molecule has 2 aromatic carbocycles. The Morgan fingerprint density at radius 1 is 0.912 bits per heavy atom. The first-order valence-electron chi connectivity index (χ1n) is 11.3. The largest absolute Gasteiger partial charge is 0.435 e. The van der Waals surface area contributed by atoms with Crippen LogP contribution in [0.5, 0.6) is 0 Å². The molecule has 0 saturated heterocycles. The lowest BCUT2D eigenvalue weighted by Crippen LogP contribution is -2.23. The van der Waals surface area contributed by atoms with Gasteiger partial charge in [-0.15, -0.1) is 0 Å². The van der Waals surface area contributed by atoms with Gasteiger partial charge in [-0.3, -0.25) is 9.78 Å². The molecule has 0 saturated carbocycles. The minimum Gasteiger partial charge on any atom is -0.435 e. The van der Waals surface area contributed by atoms with Gasteiger partial charge < -0.3 is 14.6 Å². The molecule has 1 amide bonds.